The van der Waals surface area contributed by atoms with Crippen LogP contribution in [0.1, 0.15) is 27.9 Å². The van der Waals surface area contributed by atoms with Gasteiger partial charge in [-0.2, -0.15) is 0 Å². The van der Waals surface area contributed by atoms with E-state index in [1.807, 2.05) is 24.3 Å². The second-order valence-electron chi connectivity index (χ2n) is 5.35. The van der Waals surface area contributed by atoms with Crippen molar-refractivity contribution in [1.82, 2.24) is 5.32 Å². The van der Waals surface area contributed by atoms with Crippen molar-refractivity contribution >= 4 is 5.91 Å². The number of carbonyl (C=O) groups excluding carboxylic acids is 1. The van der Waals surface area contributed by atoms with Crippen LogP contribution in [0.25, 0.3) is 0 Å². The summed E-state index contributed by atoms with van der Waals surface area (Å²) in [4.78, 5) is 12.0. The molecule has 0 aliphatic heterocycles. The van der Waals surface area contributed by atoms with Gasteiger partial charge in [0.1, 0.15) is 11.4 Å². The van der Waals surface area contributed by atoms with E-state index in [4.69, 9.17) is 0 Å². The summed E-state index contributed by atoms with van der Waals surface area (Å²) in [7, 11) is 0. The van der Waals surface area contributed by atoms with Gasteiger partial charge in [-0.05, 0) is 36.1 Å². The maximum Gasteiger partial charge on any atom is 0.254 e. The number of carbonyl (C=O) groups is 1. The SMILES string of the molecule is O=C(NC[C@]1(O)CCc2ccccc21)c1ccccc1F. The van der Waals surface area contributed by atoms with E-state index in [-0.39, 0.29) is 12.1 Å². The first-order valence-electron chi connectivity index (χ1n) is 6.94. The van der Waals surface area contributed by atoms with Crippen LogP contribution in [-0.4, -0.2) is 17.6 Å². The molecule has 0 heterocycles. The first-order chi connectivity index (χ1) is 10.1. The van der Waals surface area contributed by atoms with Gasteiger partial charge in [0.05, 0.1) is 12.1 Å². The molecule has 0 saturated carbocycles. The molecule has 0 bridgehead atoms. The Balaban J connectivity index is 1.74. The van der Waals surface area contributed by atoms with Gasteiger partial charge < -0.3 is 10.4 Å². The largest absolute Gasteiger partial charge is 0.383 e. The van der Waals surface area contributed by atoms with Crippen molar-refractivity contribution < 1.29 is 14.3 Å². The van der Waals surface area contributed by atoms with Gasteiger partial charge in [-0.1, -0.05) is 36.4 Å². The van der Waals surface area contributed by atoms with Crippen molar-refractivity contribution in [3.63, 3.8) is 0 Å². The Morgan fingerprint density at radius 2 is 1.90 bits per heavy atom. The molecule has 3 nitrogen and oxygen atoms in total. The van der Waals surface area contributed by atoms with Gasteiger partial charge in [0.2, 0.25) is 0 Å². The number of hydrogen-bond acceptors (Lipinski definition) is 2. The normalized spacial score (nSPS) is 20.1. The van der Waals surface area contributed by atoms with Crippen LogP contribution in [-0.2, 0) is 12.0 Å². The monoisotopic (exact) mass is 285 g/mol. The summed E-state index contributed by atoms with van der Waals surface area (Å²) in [5.74, 6) is -1.07. The van der Waals surface area contributed by atoms with E-state index in [1.54, 1.807) is 6.07 Å². The highest BCUT2D eigenvalue weighted by Crippen LogP contribution is 2.36. The summed E-state index contributed by atoms with van der Waals surface area (Å²) in [6.07, 6.45) is 1.34. The highest BCUT2D eigenvalue weighted by molar-refractivity contribution is 5.94. The molecule has 0 saturated heterocycles. The lowest BCUT2D eigenvalue weighted by molar-refractivity contribution is 0.0369. The van der Waals surface area contributed by atoms with Gasteiger partial charge in [0, 0.05) is 0 Å². The molecule has 0 aromatic heterocycles. The maximum absolute atomic E-state index is 13.6. The van der Waals surface area contributed by atoms with E-state index in [2.05, 4.69) is 5.32 Å². The molecule has 2 N–H and O–H groups in total. The standard InChI is InChI=1S/C17H16FNO2/c18-15-8-4-2-6-13(15)16(20)19-11-17(21)10-9-12-5-1-3-7-14(12)17/h1-8,21H,9-11H2,(H,19,20)/t17-/m1/s1. The lowest BCUT2D eigenvalue weighted by Gasteiger charge is -2.24. The second kappa shape index (κ2) is 5.30. The fraction of sp³-hybridized carbons (Fsp3) is 0.235. The predicted molar refractivity (Wildman–Crippen MR) is 77.4 cm³/mol. The molecule has 1 amide bonds. The number of nitrogens with one attached hydrogen (secondary N) is 1. The summed E-state index contributed by atoms with van der Waals surface area (Å²) < 4.78 is 13.6. The minimum atomic E-state index is -1.07. The summed E-state index contributed by atoms with van der Waals surface area (Å²) in [5.41, 5.74) is 0.865. The Morgan fingerprint density at radius 3 is 2.71 bits per heavy atom. The van der Waals surface area contributed by atoms with E-state index in [1.165, 1.54) is 18.2 Å². The minimum Gasteiger partial charge on any atom is -0.383 e. The summed E-state index contributed by atoms with van der Waals surface area (Å²) >= 11 is 0. The molecule has 3 rings (SSSR count). The Bertz CT molecular complexity index is 686. The number of benzene rings is 2. The third-order valence-corrected chi connectivity index (χ3v) is 3.99. The Hall–Kier alpha value is -2.20. The number of fused-ring (bicyclic) bond motifs is 1. The Kier molecular flexibility index (Phi) is 3.47. The van der Waals surface area contributed by atoms with Crippen molar-refractivity contribution in [3.8, 4) is 0 Å². The Morgan fingerprint density at radius 1 is 1.19 bits per heavy atom. The zero-order valence-electron chi connectivity index (χ0n) is 11.5. The van der Waals surface area contributed by atoms with Crippen LogP contribution in [0.15, 0.2) is 48.5 Å². The lowest BCUT2D eigenvalue weighted by atomic mass is 9.96. The van der Waals surface area contributed by atoms with Crippen LogP contribution in [0.2, 0.25) is 0 Å². The average molecular weight is 285 g/mol. The van der Waals surface area contributed by atoms with Crippen LogP contribution in [0.5, 0.6) is 0 Å². The molecule has 2 aromatic carbocycles. The van der Waals surface area contributed by atoms with Gasteiger partial charge in [-0.15, -0.1) is 0 Å². The molecule has 1 atom stereocenters. The van der Waals surface area contributed by atoms with E-state index in [0.29, 0.717) is 6.42 Å². The summed E-state index contributed by atoms with van der Waals surface area (Å²) in [5, 5.41) is 13.3. The van der Waals surface area contributed by atoms with Crippen molar-refractivity contribution in [3.05, 3.63) is 71.0 Å². The molecule has 2 aromatic rings. The topological polar surface area (TPSA) is 49.3 Å². The molecule has 21 heavy (non-hydrogen) atoms. The number of rotatable bonds is 3. The first kappa shape index (κ1) is 13.8. The minimum absolute atomic E-state index is 0.00705. The van der Waals surface area contributed by atoms with Crippen molar-refractivity contribution in [2.75, 3.05) is 6.54 Å². The molecular weight excluding hydrogens is 269 g/mol. The molecular formula is C17H16FNO2. The fourth-order valence-corrected chi connectivity index (χ4v) is 2.82. The zero-order chi connectivity index (χ0) is 14.9. The van der Waals surface area contributed by atoms with Gasteiger partial charge in [0.25, 0.3) is 5.91 Å². The molecule has 1 aliphatic rings. The van der Waals surface area contributed by atoms with Crippen LogP contribution < -0.4 is 5.32 Å². The number of amides is 1. The van der Waals surface area contributed by atoms with E-state index >= 15 is 0 Å². The molecule has 0 fully saturated rings. The van der Waals surface area contributed by atoms with Gasteiger partial charge in [0.15, 0.2) is 0 Å². The van der Waals surface area contributed by atoms with Crippen molar-refractivity contribution in [1.29, 1.82) is 0 Å². The smallest absolute Gasteiger partial charge is 0.254 e. The van der Waals surface area contributed by atoms with Crippen molar-refractivity contribution in [2.24, 2.45) is 0 Å². The Labute approximate surface area is 122 Å². The van der Waals surface area contributed by atoms with Crippen molar-refractivity contribution in [2.45, 2.75) is 18.4 Å². The fourth-order valence-electron chi connectivity index (χ4n) is 2.82. The van der Waals surface area contributed by atoms with E-state index < -0.39 is 17.3 Å². The van der Waals surface area contributed by atoms with Crippen LogP contribution in [0, 0.1) is 5.82 Å². The van der Waals surface area contributed by atoms with Crippen LogP contribution >= 0.6 is 0 Å². The number of halogens is 1. The number of hydrogen-bond donors (Lipinski definition) is 2. The first-order valence-corrected chi connectivity index (χ1v) is 6.94. The number of aliphatic hydroxyl groups is 1. The van der Waals surface area contributed by atoms with Crippen LogP contribution in [0.3, 0.4) is 0 Å². The molecule has 0 unspecified atom stereocenters. The van der Waals surface area contributed by atoms with Gasteiger partial charge in [-0.3, -0.25) is 4.79 Å². The molecule has 0 spiro atoms. The maximum atomic E-state index is 13.6. The summed E-state index contributed by atoms with van der Waals surface area (Å²) in [6, 6.07) is 13.5. The molecule has 0 radical (unpaired) electrons. The third-order valence-electron chi connectivity index (χ3n) is 3.99. The molecule has 4 heteroatoms. The highest BCUT2D eigenvalue weighted by atomic mass is 19.1. The third kappa shape index (κ3) is 2.54. The van der Waals surface area contributed by atoms with E-state index in [0.717, 1.165) is 17.5 Å². The van der Waals surface area contributed by atoms with Gasteiger partial charge in [-0.25, -0.2) is 4.39 Å². The van der Waals surface area contributed by atoms with Crippen LogP contribution in [0.4, 0.5) is 4.39 Å². The molecule has 1 aliphatic carbocycles. The van der Waals surface area contributed by atoms with E-state index in [9.17, 15) is 14.3 Å². The quantitative estimate of drug-likeness (QED) is 0.909. The average Bonchev–Trinajstić information content (AvgIpc) is 2.84. The zero-order valence-corrected chi connectivity index (χ0v) is 11.5. The summed E-state index contributed by atoms with van der Waals surface area (Å²) in [6.45, 7) is 0.0805. The predicted octanol–water partition coefficient (Wildman–Crippen LogP) is 2.39. The second-order valence-corrected chi connectivity index (χ2v) is 5.35. The molecule has 108 valence electrons. The number of aryl methyl sites for hydroxylation is 1. The highest BCUT2D eigenvalue weighted by Gasteiger charge is 2.36. The van der Waals surface area contributed by atoms with Gasteiger partial charge >= 0.3 is 0 Å². The lowest BCUT2D eigenvalue weighted by Crippen LogP contribution is -2.39.